The first-order valence-electron chi connectivity index (χ1n) is 6.18. The minimum Gasteiger partial charge on any atom is -0.493 e. The number of hydrogen-bond donors (Lipinski definition) is 1. The molecule has 2 rings (SSSR count). The SMILES string of the molecule is CCOC(=O)c1c[nH]c2cc(OC)c(OC)c(F)c2c1=O. The number of carbonyl (C=O) groups excluding carboxylic acids is 1. The molecule has 0 saturated carbocycles. The molecular formula is C14H14FNO5. The highest BCUT2D eigenvalue weighted by atomic mass is 19.1. The van der Waals surface area contributed by atoms with Crippen LogP contribution in [0.1, 0.15) is 17.3 Å². The molecule has 1 aromatic heterocycles. The van der Waals surface area contributed by atoms with Crippen molar-refractivity contribution in [2.75, 3.05) is 20.8 Å². The van der Waals surface area contributed by atoms with Crippen LogP contribution in [0, 0.1) is 5.82 Å². The van der Waals surface area contributed by atoms with E-state index in [0.29, 0.717) is 0 Å². The van der Waals surface area contributed by atoms with Crippen LogP contribution in [-0.2, 0) is 4.74 Å². The van der Waals surface area contributed by atoms with Crippen LogP contribution in [0.5, 0.6) is 11.5 Å². The lowest BCUT2D eigenvalue weighted by Gasteiger charge is -2.11. The number of nitrogens with one attached hydrogen (secondary N) is 1. The van der Waals surface area contributed by atoms with Crippen molar-refractivity contribution >= 4 is 16.9 Å². The van der Waals surface area contributed by atoms with E-state index in [2.05, 4.69) is 4.98 Å². The van der Waals surface area contributed by atoms with Crippen LogP contribution in [0.2, 0.25) is 0 Å². The van der Waals surface area contributed by atoms with Gasteiger partial charge in [0.2, 0.25) is 5.43 Å². The van der Waals surface area contributed by atoms with Gasteiger partial charge in [0.1, 0.15) is 5.56 Å². The number of pyridine rings is 1. The van der Waals surface area contributed by atoms with Crippen molar-refractivity contribution in [3.63, 3.8) is 0 Å². The van der Waals surface area contributed by atoms with Gasteiger partial charge in [-0.05, 0) is 6.92 Å². The first-order valence-corrected chi connectivity index (χ1v) is 6.18. The first-order chi connectivity index (χ1) is 10.0. The zero-order valence-corrected chi connectivity index (χ0v) is 11.8. The summed E-state index contributed by atoms with van der Waals surface area (Å²) in [6.45, 7) is 1.73. The number of carbonyl (C=O) groups is 1. The monoisotopic (exact) mass is 295 g/mol. The topological polar surface area (TPSA) is 77.6 Å². The second kappa shape index (κ2) is 5.82. The Bertz CT molecular complexity index is 753. The largest absolute Gasteiger partial charge is 0.493 e. The summed E-state index contributed by atoms with van der Waals surface area (Å²) < 4.78 is 29.1. The van der Waals surface area contributed by atoms with Crippen molar-refractivity contribution in [3.8, 4) is 11.5 Å². The molecule has 7 heteroatoms. The third kappa shape index (κ3) is 2.42. The number of ether oxygens (including phenoxy) is 3. The lowest BCUT2D eigenvalue weighted by Crippen LogP contribution is -2.19. The molecule has 1 heterocycles. The molecule has 0 aliphatic heterocycles. The van der Waals surface area contributed by atoms with Crippen molar-refractivity contribution in [2.24, 2.45) is 0 Å². The highest BCUT2D eigenvalue weighted by Crippen LogP contribution is 2.34. The Morgan fingerprint density at radius 2 is 2.05 bits per heavy atom. The Kier molecular flexibility index (Phi) is 4.11. The molecule has 0 atom stereocenters. The molecule has 1 aromatic carbocycles. The molecule has 0 spiro atoms. The molecule has 112 valence electrons. The highest BCUT2D eigenvalue weighted by Gasteiger charge is 2.21. The number of methoxy groups -OCH3 is 2. The Hall–Kier alpha value is -2.57. The van der Waals surface area contributed by atoms with Crippen LogP contribution >= 0.6 is 0 Å². The summed E-state index contributed by atoms with van der Waals surface area (Å²) in [5, 5.41) is -0.279. The summed E-state index contributed by atoms with van der Waals surface area (Å²) >= 11 is 0. The average Bonchev–Trinajstić information content (AvgIpc) is 2.47. The molecule has 2 aromatic rings. The molecule has 21 heavy (non-hydrogen) atoms. The quantitative estimate of drug-likeness (QED) is 0.871. The highest BCUT2D eigenvalue weighted by molar-refractivity contribution is 5.94. The number of rotatable bonds is 4. The van der Waals surface area contributed by atoms with E-state index in [1.165, 1.54) is 26.5 Å². The van der Waals surface area contributed by atoms with Crippen molar-refractivity contribution in [1.82, 2.24) is 4.98 Å². The third-order valence-electron chi connectivity index (χ3n) is 2.95. The number of halogens is 1. The van der Waals surface area contributed by atoms with Crippen molar-refractivity contribution in [1.29, 1.82) is 0 Å². The summed E-state index contributed by atoms with van der Waals surface area (Å²) in [7, 11) is 2.62. The van der Waals surface area contributed by atoms with E-state index in [1.807, 2.05) is 0 Å². The fraction of sp³-hybridized carbons (Fsp3) is 0.286. The van der Waals surface area contributed by atoms with Crippen LogP contribution in [-0.4, -0.2) is 31.8 Å². The molecule has 0 aliphatic rings. The fourth-order valence-electron chi connectivity index (χ4n) is 2.00. The average molecular weight is 295 g/mol. The minimum atomic E-state index is -0.890. The summed E-state index contributed by atoms with van der Waals surface area (Å²) in [6.07, 6.45) is 1.19. The number of hydrogen-bond acceptors (Lipinski definition) is 5. The van der Waals surface area contributed by atoms with Crippen molar-refractivity contribution < 1.29 is 23.4 Å². The van der Waals surface area contributed by atoms with Gasteiger partial charge in [-0.2, -0.15) is 0 Å². The standard InChI is InChI=1S/C14H14FNO5/c1-4-21-14(18)7-6-16-8-5-9(19-2)13(20-3)11(15)10(8)12(7)17/h5-6H,4H2,1-3H3,(H,16,17). The normalized spacial score (nSPS) is 10.5. The van der Waals surface area contributed by atoms with Gasteiger partial charge >= 0.3 is 5.97 Å². The summed E-state index contributed by atoms with van der Waals surface area (Å²) in [5.41, 5.74) is -0.834. The van der Waals surface area contributed by atoms with Gasteiger partial charge in [-0.15, -0.1) is 0 Å². The molecule has 0 saturated heterocycles. The predicted molar refractivity (Wildman–Crippen MR) is 73.6 cm³/mol. The second-order valence-corrected chi connectivity index (χ2v) is 4.10. The van der Waals surface area contributed by atoms with E-state index >= 15 is 0 Å². The molecular weight excluding hydrogens is 281 g/mol. The van der Waals surface area contributed by atoms with Gasteiger partial charge in [0.25, 0.3) is 0 Å². The Balaban J connectivity index is 2.78. The van der Waals surface area contributed by atoms with E-state index in [-0.39, 0.29) is 34.6 Å². The van der Waals surface area contributed by atoms with E-state index in [1.54, 1.807) is 6.92 Å². The van der Waals surface area contributed by atoms with Gasteiger partial charge in [-0.3, -0.25) is 4.79 Å². The zero-order valence-electron chi connectivity index (χ0n) is 11.8. The van der Waals surface area contributed by atoms with Gasteiger partial charge < -0.3 is 19.2 Å². The predicted octanol–water partition coefficient (Wildman–Crippen LogP) is 1.86. The first kappa shape index (κ1) is 14.8. The van der Waals surface area contributed by atoms with Crippen LogP contribution < -0.4 is 14.9 Å². The summed E-state index contributed by atoms with van der Waals surface area (Å²) in [5.74, 6) is -1.76. The minimum absolute atomic E-state index is 0.116. The number of aromatic amines is 1. The maximum atomic E-state index is 14.4. The number of benzene rings is 1. The van der Waals surface area contributed by atoms with E-state index in [0.717, 1.165) is 0 Å². The van der Waals surface area contributed by atoms with Crippen LogP contribution in [0.15, 0.2) is 17.1 Å². The lowest BCUT2D eigenvalue weighted by molar-refractivity contribution is 0.0524. The maximum Gasteiger partial charge on any atom is 0.343 e. The Morgan fingerprint density at radius 1 is 1.33 bits per heavy atom. The summed E-state index contributed by atoms with van der Waals surface area (Å²) in [4.78, 5) is 26.6. The number of esters is 1. The van der Waals surface area contributed by atoms with E-state index in [4.69, 9.17) is 14.2 Å². The number of aromatic nitrogens is 1. The van der Waals surface area contributed by atoms with Gasteiger partial charge in [-0.25, -0.2) is 9.18 Å². The van der Waals surface area contributed by atoms with Crippen LogP contribution in [0.4, 0.5) is 4.39 Å². The van der Waals surface area contributed by atoms with Crippen molar-refractivity contribution in [2.45, 2.75) is 6.92 Å². The molecule has 0 amide bonds. The molecule has 0 radical (unpaired) electrons. The molecule has 6 nitrogen and oxygen atoms in total. The molecule has 0 aliphatic carbocycles. The molecule has 0 unspecified atom stereocenters. The van der Waals surface area contributed by atoms with Crippen LogP contribution in [0.3, 0.4) is 0 Å². The lowest BCUT2D eigenvalue weighted by atomic mass is 10.1. The van der Waals surface area contributed by atoms with Gasteiger partial charge in [0.15, 0.2) is 17.3 Å². The number of fused-ring (bicyclic) bond motifs is 1. The van der Waals surface area contributed by atoms with Crippen molar-refractivity contribution in [3.05, 3.63) is 33.9 Å². The smallest absolute Gasteiger partial charge is 0.343 e. The molecule has 1 N–H and O–H groups in total. The molecule has 0 bridgehead atoms. The van der Waals surface area contributed by atoms with Gasteiger partial charge in [-0.1, -0.05) is 0 Å². The van der Waals surface area contributed by atoms with Gasteiger partial charge in [0, 0.05) is 12.3 Å². The van der Waals surface area contributed by atoms with E-state index < -0.39 is 17.2 Å². The fourth-order valence-corrected chi connectivity index (χ4v) is 2.00. The van der Waals surface area contributed by atoms with Crippen LogP contribution in [0.25, 0.3) is 10.9 Å². The van der Waals surface area contributed by atoms with E-state index in [9.17, 15) is 14.0 Å². The Labute approximate surface area is 119 Å². The third-order valence-corrected chi connectivity index (χ3v) is 2.95. The van der Waals surface area contributed by atoms with Gasteiger partial charge in [0.05, 0.1) is 31.7 Å². The molecule has 0 fully saturated rings. The maximum absolute atomic E-state index is 14.4. The summed E-state index contributed by atoms with van der Waals surface area (Å²) in [6, 6.07) is 1.42. The second-order valence-electron chi connectivity index (χ2n) is 4.10. The Morgan fingerprint density at radius 3 is 2.62 bits per heavy atom. The zero-order chi connectivity index (χ0) is 15.6. The number of H-pyrrole nitrogens is 1.